The monoisotopic (exact) mass is 516 g/mol. The van der Waals surface area contributed by atoms with Gasteiger partial charge in [-0.15, -0.1) is 0 Å². The van der Waals surface area contributed by atoms with Gasteiger partial charge in [0.25, 0.3) is 0 Å². The zero-order valence-corrected chi connectivity index (χ0v) is 22.9. The van der Waals surface area contributed by atoms with Crippen molar-refractivity contribution in [2.75, 3.05) is 0 Å². The van der Waals surface area contributed by atoms with Gasteiger partial charge in [0.05, 0.1) is 0 Å². The van der Waals surface area contributed by atoms with E-state index in [9.17, 15) is 10.2 Å². The topological polar surface area (TPSA) is 40.5 Å². The van der Waals surface area contributed by atoms with Crippen molar-refractivity contribution < 1.29 is 10.2 Å². The third-order valence-electron chi connectivity index (χ3n) is 9.22. The van der Waals surface area contributed by atoms with Crippen LogP contribution in [0.5, 0.6) is 11.5 Å². The highest BCUT2D eigenvalue weighted by atomic mass is 16.3. The summed E-state index contributed by atoms with van der Waals surface area (Å²) in [6, 6.07) is 32.0. The predicted octanol–water partition coefficient (Wildman–Crippen LogP) is 10.0. The van der Waals surface area contributed by atoms with Gasteiger partial charge in [-0.3, -0.25) is 0 Å². The molecule has 0 atom stereocenters. The van der Waals surface area contributed by atoms with Crippen LogP contribution in [0.1, 0.15) is 110 Å². The Balaban J connectivity index is 1.52. The fourth-order valence-electron chi connectivity index (χ4n) is 7.17. The maximum atomic E-state index is 11.0. The van der Waals surface area contributed by atoms with E-state index in [1.807, 2.05) is 12.1 Å². The minimum Gasteiger partial charge on any atom is -0.508 e. The molecule has 2 nitrogen and oxygen atoms in total. The summed E-state index contributed by atoms with van der Waals surface area (Å²) in [5.41, 5.74) is 8.29. The minimum atomic E-state index is -0.00714. The maximum absolute atomic E-state index is 11.0. The summed E-state index contributed by atoms with van der Waals surface area (Å²) in [6.07, 6.45) is 12.1. The van der Waals surface area contributed by atoms with Crippen molar-refractivity contribution in [2.45, 2.75) is 82.0 Å². The van der Waals surface area contributed by atoms with Crippen molar-refractivity contribution >= 4 is 0 Å². The van der Waals surface area contributed by atoms with Crippen molar-refractivity contribution in [1.29, 1.82) is 0 Å². The predicted molar refractivity (Wildman–Crippen MR) is 161 cm³/mol. The average molecular weight is 517 g/mol. The lowest BCUT2D eigenvalue weighted by Gasteiger charge is -2.28. The number of phenolic OH excluding ortho intramolecular Hbond substituents is 2. The van der Waals surface area contributed by atoms with Gasteiger partial charge in [-0.2, -0.15) is 0 Å². The number of aromatic hydroxyl groups is 2. The normalized spacial score (nSPS) is 16.9. The van der Waals surface area contributed by atoms with E-state index < -0.39 is 0 Å². The Morgan fingerprint density at radius 3 is 1.54 bits per heavy atom. The highest BCUT2D eigenvalue weighted by Crippen LogP contribution is 2.45. The summed E-state index contributed by atoms with van der Waals surface area (Å²) in [7, 11) is 0. The Morgan fingerprint density at radius 1 is 0.513 bits per heavy atom. The van der Waals surface area contributed by atoms with Crippen molar-refractivity contribution in [3.05, 3.63) is 119 Å². The van der Waals surface area contributed by atoms with Crippen LogP contribution in [0.15, 0.2) is 91.0 Å². The first-order valence-electron chi connectivity index (χ1n) is 15.0. The van der Waals surface area contributed by atoms with Gasteiger partial charge < -0.3 is 10.2 Å². The van der Waals surface area contributed by atoms with Crippen molar-refractivity contribution in [2.24, 2.45) is 0 Å². The Kier molecular flexibility index (Phi) is 7.72. The molecule has 2 heteroatoms. The second-order valence-corrected chi connectivity index (χ2v) is 11.7. The zero-order valence-electron chi connectivity index (χ0n) is 22.9. The van der Waals surface area contributed by atoms with E-state index in [2.05, 4.69) is 78.9 Å². The Morgan fingerprint density at radius 2 is 1.00 bits per heavy atom. The molecule has 0 unspecified atom stereocenters. The highest BCUT2D eigenvalue weighted by Gasteiger charge is 2.26. The van der Waals surface area contributed by atoms with E-state index in [0.29, 0.717) is 23.3 Å². The van der Waals surface area contributed by atoms with E-state index in [0.717, 1.165) is 36.8 Å². The van der Waals surface area contributed by atoms with Gasteiger partial charge >= 0.3 is 0 Å². The van der Waals surface area contributed by atoms with Crippen LogP contribution in [0.2, 0.25) is 0 Å². The number of phenols is 2. The second-order valence-electron chi connectivity index (χ2n) is 11.7. The first-order valence-corrected chi connectivity index (χ1v) is 15.0. The van der Waals surface area contributed by atoms with E-state index >= 15 is 0 Å². The number of rotatable bonds is 6. The molecule has 0 aliphatic heterocycles. The van der Waals surface area contributed by atoms with Gasteiger partial charge in [0, 0.05) is 5.92 Å². The summed E-state index contributed by atoms with van der Waals surface area (Å²) in [5.74, 6) is 1.68. The van der Waals surface area contributed by atoms with Crippen LogP contribution in [0, 0.1) is 0 Å². The lowest BCUT2D eigenvalue weighted by molar-refractivity contribution is 0.413. The maximum Gasteiger partial charge on any atom is 0.119 e. The fraction of sp³-hybridized carbons (Fsp3) is 0.351. The van der Waals surface area contributed by atoms with Crippen LogP contribution in [0.3, 0.4) is 0 Å². The number of benzene rings is 4. The van der Waals surface area contributed by atoms with Gasteiger partial charge in [0.2, 0.25) is 0 Å². The molecule has 4 aromatic carbocycles. The molecular formula is C37H40O2. The highest BCUT2D eigenvalue weighted by molar-refractivity contribution is 5.70. The van der Waals surface area contributed by atoms with Crippen molar-refractivity contribution in [3.8, 4) is 22.6 Å². The van der Waals surface area contributed by atoms with Crippen LogP contribution in [0.25, 0.3) is 11.1 Å². The molecule has 0 saturated heterocycles. The molecule has 200 valence electrons. The van der Waals surface area contributed by atoms with Crippen LogP contribution in [0.4, 0.5) is 0 Å². The lowest BCUT2D eigenvalue weighted by Crippen LogP contribution is -2.10. The molecule has 2 saturated carbocycles. The zero-order chi connectivity index (χ0) is 26.6. The number of hydrogen-bond donors (Lipinski definition) is 2. The summed E-state index contributed by atoms with van der Waals surface area (Å²) in [6.45, 7) is 0. The van der Waals surface area contributed by atoms with Gasteiger partial charge in [-0.25, -0.2) is 0 Å². The van der Waals surface area contributed by atoms with Crippen molar-refractivity contribution in [3.63, 3.8) is 0 Å². The SMILES string of the molecule is Oc1ccc(C(c2ccc(O)c(C3CCCCC3)c2)c2ccccc2-c2ccccc2)cc1C1CCCCC1. The number of hydrogen-bond acceptors (Lipinski definition) is 2. The summed E-state index contributed by atoms with van der Waals surface area (Å²) >= 11 is 0. The lowest BCUT2D eigenvalue weighted by atomic mass is 9.77. The first-order chi connectivity index (χ1) is 19.2. The third-order valence-corrected chi connectivity index (χ3v) is 9.22. The third kappa shape index (κ3) is 5.48. The van der Waals surface area contributed by atoms with Gasteiger partial charge in [0.15, 0.2) is 0 Å². The molecule has 2 aliphatic rings. The quantitative estimate of drug-likeness (QED) is 0.250. The summed E-state index contributed by atoms with van der Waals surface area (Å²) < 4.78 is 0. The molecule has 2 N–H and O–H groups in total. The van der Waals surface area contributed by atoms with Crippen LogP contribution in [-0.4, -0.2) is 10.2 Å². The molecule has 2 fully saturated rings. The molecule has 2 aliphatic carbocycles. The Labute approximate surface area is 233 Å². The second kappa shape index (κ2) is 11.7. The van der Waals surface area contributed by atoms with Gasteiger partial charge in [-0.1, -0.05) is 117 Å². The molecule has 0 amide bonds. The van der Waals surface area contributed by atoms with Crippen molar-refractivity contribution in [1.82, 2.24) is 0 Å². The molecule has 39 heavy (non-hydrogen) atoms. The van der Waals surface area contributed by atoms with Crippen LogP contribution >= 0.6 is 0 Å². The molecular weight excluding hydrogens is 476 g/mol. The Bertz CT molecular complexity index is 1330. The molecule has 6 rings (SSSR count). The Hall–Kier alpha value is -3.52. The summed E-state index contributed by atoms with van der Waals surface area (Å²) in [4.78, 5) is 0. The smallest absolute Gasteiger partial charge is 0.119 e. The molecule has 0 radical (unpaired) electrons. The van der Waals surface area contributed by atoms with E-state index in [-0.39, 0.29) is 5.92 Å². The van der Waals surface area contributed by atoms with Gasteiger partial charge in [-0.05, 0) is 88.6 Å². The van der Waals surface area contributed by atoms with E-state index in [1.54, 1.807) is 0 Å². The van der Waals surface area contributed by atoms with Crippen LogP contribution < -0.4 is 0 Å². The van der Waals surface area contributed by atoms with Gasteiger partial charge in [0.1, 0.15) is 11.5 Å². The molecule has 0 bridgehead atoms. The fourth-order valence-corrected chi connectivity index (χ4v) is 7.17. The van der Waals surface area contributed by atoms with E-state index in [4.69, 9.17) is 0 Å². The standard InChI is InChI=1S/C37H40O2/c38-35-22-20-29(24-33(35)27-14-6-2-7-15-27)37(32-19-11-10-18-31(32)26-12-4-1-5-13-26)30-21-23-36(39)34(25-30)28-16-8-3-9-17-28/h1,4-5,10-13,18-25,27-28,37-39H,2-3,6-9,14-17H2. The first kappa shape index (κ1) is 25.7. The molecule has 0 spiro atoms. The van der Waals surface area contributed by atoms with E-state index in [1.165, 1.54) is 66.3 Å². The summed E-state index contributed by atoms with van der Waals surface area (Å²) in [5, 5.41) is 21.9. The minimum absolute atomic E-state index is 0.00714. The molecule has 0 aromatic heterocycles. The largest absolute Gasteiger partial charge is 0.508 e. The molecule has 0 heterocycles. The average Bonchev–Trinajstić information content (AvgIpc) is 3.00. The van der Waals surface area contributed by atoms with Crippen LogP contribution in [-0.2, 0) is 0 Å². The molecule has 4 aromatic rings.